The van der Waals surface area contributed by atoms with Crippen LogP contribution in [0.1, 0.15) is 0 Å². The second-order valence-electron chi connectivity index (χ2n) is 2.28. The van der Waals surface area contributed by atoms with E-state index in [0.29, 0.717) is 6.04 Å². The molecule has 0 aromatic carbocycles. The van der Waals surface area contributed by atoms with Crippen molar-refractivity contribution in [2.45, 2.75) is 6.04 Å². The van der Waals surface area contributed by atoms with Gasteiger partial charge < -0.3 is 10.6 Å². The molecule has 0 aliphatic carbocycles. The zero-order valence-corrected chi connectivity index (χ0v) is 6.24. The molecule has 0 atom stereocenters. The highest BCUT2D eigenvalue weighted by Gasteiger charge is 2.16. The minimum atomic E-state index is 0.583. The Kier molecular flexibility index (Phi) is 1.56. The van der Waals surface area contributed by atoms with Gasteiger partial charge in [0.05, 0.1) is 6.04 Å². The summed E-state index contributed by atoms with van der Waals surface area (Å²) in [7, 11) is 0. The Morgan fingerprint density at radius 3 is 3.20 bits per heavy atom. The number of hydrogen-bond donors (Lipinski definition) is 2. The van der Waals surface area contributed by atoms with E-state index in [1.54, 1.807) is 11.3 Å². The maximum Gasteiger partial charge on any atom is 0.183 e. The van der Waals surface area contributed by atoms with Gasteiger partial charge in [0.2, 0.25) is 0 Å². The van der Waals surface area contributed by atoms with Gasteiger partial charge in [-0.15, -0.1) is 11.3 Å². The minimum Gasteiger partial charge on any atom is -0.356 e. The average Bonchev–Trinajstić information content (AvgIpc) is 2.29. The van der Waals surface area contributed by atoms with Gasteiger partial charge in [0.25, 0.3) is 0 Å². The average molecular weight is 154 g/mol. The molecule has 1 aromatic rings. The molecule has 0 saturated carbocycles. The molecule has 4 heteroatoms. The van der Waals surface area contributed by atoms with Crippen LogP contribution in [-0.4, -0.2) is 24.1 Å². The third-order valence-electron chi connectivity index (χ3n) is 1.50. The number of thiazole rings is 1. The van der Waals surface area contributed by atoms with Crippen LogP contribution < -0.4 is 10.6 Å². The topological polar surface area (TPSA) is 37.0 Å². The van der Waals surface area contributed by atoms with Gasteiger partial charge in [-0.05, 0) is 0 Å². The lowest BCUT2D eigenvalue weighted by Crippen LogP contribution is -2.51. The normalized spacial score (nSPS) is 18.4. The van der Waals surface area contributed by atoms with Crippen molar-refractivity contribution in [2.75, 3.05) is 18.4 Å². The summed E-state index contributed by atoms with van der Waals surface area (Å²) < 4.78 is 0. The fourth-order valence-electron chi connectivity index (χ4n) is 0.825. The van der Waals surface area contributed by atoms with E-state index < -0.39 is 0 Å². The molecule has 1 aromatic heterocycles. The first kappa shape index (κ1) is 6.12. The van der Waals surface area contributed by atoms with Gasteiger partial charge in [0.15, 0.2) is 5.13 Å². The summed E-state index contributed by atoms with van der Waals surface area (Å²) in [4.78, 5) is 3.99. The standard InChI is InChI=1S/C6H8N3S/c1-2-10-6(8-1)9-5-3-7-4-5/h2,5,7H,3-4H2,(H,8,9). The predicted molar refractivity (Wildman–Crippen MR) is 41.2 cm³/mol. The molecule has 1 aliphatic heterocycles. The van der Waals surface area contributed by atoms with Crippen LogP contribution in [-0.2, 0) is 0 Å². The molecule has 2 rings (SSSR count). The Morgan fingerprint density at radius 1 is 1.80 bits per heavy atom. The number of anilines is 1. The SMILES string of the molecule is [c]1csc(NC2CNC2)n1. The van der Waals surface area contributed by atoms with Crippen molar-refractivity contribution in [3.05, 3.63) is 11.6 Å². The van der Waals surface area contributed by atoms with E-state index in [1.165, 1.54) is 0 Å². The van der Waals surface area contributed by atoms with E-state index in [4.69, 9.17) is 0 Å². The smallest absolute Gasteiger partial charge is 0.183 e. The molecule has 0 bridgehead atoms. The molecule has 1 aliphatic rings. The van der Waals surface area contributed by atoms with E-state index in [2.05, 4.69) is 21.8 Å². The summed E-state index contributed by atoms with van der Waals surface area (Å²) in [6.45, 7) is 2.11. The lowest BCUT2D eigenvalue weighted by molar-refractivity contribution is 0.472. The van der Waals surface area contributed by atoms with Crippen LogP contribution in [0.5, 0.6) is 0 Å². The highest BCUT2D eigenvalue weighted by Crippen LogP contribution is 2.12. The van der Waals surface area contributed by atoms with E-state index in [9.17, 15) is 0 Å². The largest absolute Gasteiger partial charge is 0.356 e. The van der Waals surface area contributed by atoms with Gasteiger partial charge in [-0.25, -0.2) is 4.98 Å². The maximum atomic E-state index is 3.99. The van der Waals surface area contributed by atoms with Gasteiger partial charge in [0.1, 0.15) is 6.20 Å². The van der Waals surface area contributed by atoms with Crippen molar-refractivity contribution in [1.29, 1.82) is 0 Å². The summed E-state index contributed by atoms with van der Waals surface area (Å²) in [6.07, 6.45) is 2.77. The summed E-state index contributed by atoms with van der Waals surface area (Å²) in [6, 6.07) is 0.583. The van der Waals surface area contributed by atoms with Gasteiger partial charge in [-0.3, -0.25) is 0 Å². The van der Waals surface area contributed by atoms with Crippen LogP contribution in [0.4, 0.5) is 5.13 Å². The molecule has 0 spiro atoms. The van der Waals surface area contributed by atoms with Gasteiger partial charge in [-0.2, -0.15) is 0 Å². The molecular weight excluding hydrogens is 146 g/mol. The Morgan fingerprint density at radius 2 is 2.70 bits per heavy atom. The Bertz CT molecular complexity index is 193. The third-order valence-corrected chi connectivity index (χ3v) is 2.15. The van der Waals surface area contributed by atoms with E-state index in [0.717, 1.165) is 18.2 Å². The molecular formula is C6H8N3S. The zero-order valence-electron chi connectivity index (χ0n) is 5.42. The van der Waals surface area contributed by atoms with Crippen molar-refractivity contribution in [2.24, 2.45) is 0 Å². The van der Waals surface area contributed by atoms with E-state index >= 15 is 0 Å². The quantitative estimate of drug-likeness (QED) is 0.644. The van der Waals surface area contributed by atoms with Crippen LogP contribution in [0.2, 0.25) is 0 Å². The number of nitrogens with zero attached hydrogens (tertiary/aromatic N) is 1. The van der Waals surface area contributed by atoms with Crippen LogP contribution in [0.25, 0.3) is 0 Å². The monoisotopic (exact) mass is 154 g/mol. The fourth-order valence-corrected chi connectivity index (χ4v) is 1.38. The first-order valence-electron chi connectivity index (χ1n) is 3.24. The van der Waals surface area contributed by atoms with Crippen molar-refractivity contribution in [3.63, 3.8) is 0 Å². The highest BCUT2D eigenvalue weighted by atomic mass is 32.1. The fraction of sp³-hybridized carbons (Fsp3) is 0.500. The van der Waals surface area contributed by atoms with Gasteiger partial charge in [-0.1, -0.05) is 0 Å². The minimum absolute atomic E-state index is 0.583. The summed E-state index contributed by atoms with van der Waals surface area (Å²) in [5, 5.41) is 9.28. The molecule has 2 N–H and O–H groups in total. The van der Waals surface area contributed by atoms with Crippen LogP contribution in [0.15, 0.2) is 5.38 Å². The van der Waals surface area contributed by atoms with Crippen LogP contribution in [0.3, 0.4) is 0 Å². The van der Waals surface area contributed by atoms with Crippen LogP contribution >= 0.6 is 11.3 Å². The molecule has 10 heavy (non-hydrogen) atoms. The van der Waals surface area contributed by atoms with E-state index in [-0.39, 0.29) is 0 Å². The second kappa shape index (κ2) is 2.56. The Labute approximate surface area is 63.5 Å². The van der Waals surface area contributed by atoms with Crippen LogP contribution in [0, 0.1) is 6.20 Å². The lowest BCUT2D eigenvalue weighted by Gasteiger charge is -2.27. The molecule has 3 nitrogen and oxygen atoms in total. The predicted octanol–water partition coefficient (Wildman–Crippen LogP) is 0.327. The summed E-state index contributed by atoms with van der Waals surface area (Å²) in [5.41, 5.74) is 0. The molecule has 0 amide bonds. The Hall–Kier alpha value is -0.610. The molecule has 0 unspecified atom stereocenters. The maximum absolute atomic E-state index is 3.99. The molecule has 2 heterocycles. The number of nitrogens with one attached hydrogen (secondary N) is 2. The number of rotatable bonds is 2. The van der Waals surface area contributed by atoms with Gasteiger partial charge >= 0.3 is 0 Å². The van der Waals surface area contributed by atoms with Crippen molar-refractivity contribution >= 4 is 16.5 Å². The molecule has 1 radical (unpaired) electrons. The van der Waals surface area contributed by atoms with E-state index in [1.807, 2.05) is 5.38 Å². The first-order chi connectivity index (χ1) is 4.95. The van der Waals surface area contributed by atoms with Gasteiger partial charge in [0, 0.05) is 18.5 Å². The number of hydrogen-bond acceptors (Lipinski definition) is 4. The third kappa shape index (κ3) is 1.12. The van der Waals surface area contributed by atoms with Crippen molar-refractivity contribution in [3.8, 4) is 0 Å². The summed E-state index contributed by atoms with van der Waals surface area (Å²) in [5.74, 6) is 0. The molecule has 1 saturated heterocycles. The lowest BCUT2D eigenvalue weighted by atomic mass is 10.2. The van der Waals surface area contributed by atoms with Crippen molar-refractivity contribution < 1.29 is 0 Å². The van der Waals surface area contributed by atoms with Crippen molar-refractivity contribution in [1.82, 2.24) is 10.3 Å². The highest BCUT2D eigenvalue weighted by molar-refractivity contribution is 7.13. The zero-order chi connectivity index (χ0) is 6.81. The first-order valence-corrected chi connectivity index (χ1v) is 4.12. The Balaban J connectivity index is 1.90. The molecule has 1 fully saturated rings. The summed E-state index contributed by atoms with van der Waals surface area (Å²) >= 11 is 1.59. The second-order valence-corrected chi connectivity index (χ2v) is 3.14. The molecule has 53 valence electrons. The number of aromatic nitrogens is 1.